The number of nitrogens with zero attached hydrogens (tertiary/aromatic N) is 2. The van der Waals surface area contributed by atoms with Crippen molar-refractivity contribution in [3.63, 3.8) is 0 Å². The summed E-state index contributed by atoms with van der Waals surface area (Å²) in [6.45, 7) is 0.324. The highest BCUT2D eigenvalue weighted by Crippen LogP contribution is 2.21. The van der Waals surface area contributed by atoms with Crippen molar-refractivity contribution in [3.8, 4) is 11.4 Å². The van der Waals surface area contributed by atoms with E-state index in [1.54, 1.807) is 29.8 Å². The molecular formula is C16H21N3O3S. The van der Waals surface area contributed by atoms with Crippen molar-refractivity contribution in [2.75, 3.05) is 19.1 Å². The van der Waals surface area contributed by atoms with E-state index in [0.29, 0.717) is 13.0 Å². The van der Waals surface area contributed by atoms with Crippen LogP contribution in [-0.2, 0) is 11.3 Å². The highest BCUT2D eigenvalue weighted by atomic mass is 32.2. The Morgan fingerprint density at radius 3 is 3.00 bits per heavy atom. The first-order valence-corrected chi connectivity index (χ1v) is 8.66. The molecule has 1 atom stereocenters. The number of amides is 1. The van der Waals surface area contributed by atoms with Crippen molar-refractivity contribution in [1.29, 1.82) is 0 Å². The van der Waals surface area contributed by atoms with Gasteiger partial charge in [-0.05, 0) is 30.6 Å². The minimum Gasteiger partial charge on any atom is -0.494 e. The van der Waals surface area contributed by atoms with Gasteiger partial charge in [0.1, 0.15) is 17.5 Å². The smallest absolute Gasteiger partial charge is 0.249 e. The molecule has 1 aromatic carbocycles. The molecule has 2 aromatic rings. The van der Waals surface area contributed by atoms with Crippen LogP contribution in [0, 0.1) is 0 Å². The molecule has 0 spiro atoms. The van der Waals surface area contributed by atoms with Gasteiger partial charge in [-0.1, -0.05) is 12.1 Å². The molecule has 0 aliphatic carbocycles. The number of carbonyl (C=O) groups excluding carboxylic acids is 1. The van der Waals surface area contributed by atoms with E-state index in [0.717, 1.165) is 22.8 Å². The van der Waals surface area contributed by atoms with E-state index in [-0.39, 0.29) is 5.91 Å². The van der Waals surface area contributed by atoms with E-state index in [1.807, 2.05) is 36.7 Å². The molecule has 1 amide bonds. The lowest BCUT2D eigenvalue weighted by Crippen LogP contribution is -2.34. The molecule has 124 valence electrons. The first-order valence-electron chi connectivity index (χ1n) is 7.27. The highest BCUT2D eigenvalue weighted by molar-refractivity contribution is 7.98. The fourth-order valence-electron chi connectivity index (χ4n) is 2.07. The summed E-state index contributed by atoms with van der Waals surface area (Å²) in [5, 5.41) is 16.7. The van der Waals surface area contributed by atoms with Crippen molar-refractivity contribution in [1.82, 2.24) is 15.1 Å². The lowest BCUT2D eigenvalue weighted by atomic mass is 10.2. The van der Waals surface area contributed by atoms with Crippen molar-refractivity contribution in [3.05, 3.63) is 42.2 Å². The average Bonchev–Trinajstić information content (AvgIpc) is 3.06. The van der Waals surface area contributed by atoms with Gasteiger partial charge in [0, 0.05) is 18.3 Å². The Labute approximate surface area is 139 Å². The SMILES string of the molecule is COc1ccccc1-n1cc(CNC(=O)C(O)CCSC)cn1. The quantitative estimate of drug-likeness (QED) is 0.766. The number of hydrogen-bond acceptors (Lipinski definition) is 5. The summed E-state index contributed by atoms with van der Waals surface area (Å²) in [5.41, 5.74) is 1.67. The van der Waals surface area contributed by atoms with Gasteiger partial charge < -0.3 is 15.2 Å². The number of rotatable bonds is 8. The van der Waals surface area contributed by atoms with Crippen LogP contribution in [0.3, 0.4) is 0 Å². The topological polar surface area (TPSA) is 76.4 Å². The maximum absolute atomic E-state index is 11.8. The van der Waals surface area contributed by atoms with Crippen LogP contribution < -0.4 is 10.1 Å². The van der Waals surface area contributed by atoms with E-state index < -0.39 is 6.10 Å². The largest absolute Gasteiger partial charge is 0.494 e. The molecule has 1 heterocycles. The molecule has 0 saturated carbocycles. The molecule has 0 saturated heterocycles. The van der Waals surface area contributed by atoms with Crippen LogP contribution in [0.15, 0.2) is 36.7 Å². The van der Waals surface area contributed by atoms with Gasteiger partial charge in [-0.3, -0.25) is 4.79 Å². The number of ether oxygens (including phenoxy) is 1. The number of methoxy groups -OCH3 is 1. The summed E-state index contributed by atoms with van der Waals surface area (Å²) >= 11 is 1.60. The summed E-state index contributed by atoms with van der Waals surface area (Å²) in [6.07, 6.45) is 4.93. The number of aromatic nitrogens is 2. The van der Waals surface area contributed by atoms with Crippen LogP contribution >= 0.6 is 11.8 Å². The second kappa shape index (κ2) is 8.59. The van der Waals surface area contributed by atoms with Crippen molar-refractivity contribution >= 4 is 17.7 Å². The molecule has 1 aromatic heterocycles. The number of aliphatic hydroxyl groups is 1. The minimum atomic E-state index is -0.966. The lowest BCUT2D eigenvalue weighted by molar-refractivity contribution is -0.129. The van der Waals surface area contributed by atoms with E-state index in [4.69, 9.17) is 4.74 Å². The summed E-state index contributed by atoms with van der Waals surface area (Å²) in [7, 11) is 1.61. The summed E-state index contributed by atoms with van der Waals surface area (Å²) in [4.78, 5) is 11.8. The van der Waals surface area contributed by atoms with Crippen LogP contribution in [0.2, 0.25) is 0 Å². The van der Waals surface area contributed by atoms with Crippen molar-refractivity contribution in [2.45, 2.75) is 19.1 Å². The maximum atomic E-state index is 11.8. The Kier molecular flexibility index (Phi) is 6.49. The number of thioether (sulfide) groups is 1. The Balaban J connectivity index is 1.96. The standard InChI is InChI=1S/C16H21N3O3S/c1-22-15-6-4-3-5-13(15)19-11-12(10-18-19)9-17-16(21)14(20)7-8-23-2/h3-6,10-11,14,20H,7-9H2,1-2H3,(H,17,21). The normalized spacial score (nSPS) is 12.0. The molecule has 23 heavy (non-hydrogen) atoms. The second-order valence-electron chi connectivity index (χ2n) is 4.98. The number of nitrogens with one attached hydrogen (secondary N) is 1. The van der Waals surface area contributed by atoms with Crippen LogP contribution in [0.5, 0.6) is 5.75 Å². The van der Waals surface area contributed by atoms with Gasteiger partial charge in [-0.2, -0.15) is 16.9 Å². The van der Waals surface area contributed by atoms with Gasteiger partial charge in [0.15, 0.2) is 0 Å². The number of benzene rings is 1. The van der Waals surface area contributed by atoms with Gasteiger partial charge in [0.05, 0.1) is 13.3 Å². The van der Waals surface area contributed by atoms with E-state index in [1.165, 1.54) is 0 Å². The molecule has 0 aliphatic rings. The van der Waals surface area contributed by atoms with Gasteiger partial charge in [0.25, 0.3) is 0 Å². The van der Waals surface area contributed by atoms with Gasteiger partial charge in [0.2, 0.25) is 5.91 Å². The number of aliphatic hydroxyl groups excluding tert-OH is 1. The number of carbonyl (C=O) groups is 1. The summed E-state index contributed by atoms with van der Waals surface area (Å²) in [5.74, 6) is 1.11. The van der Waals surface area contributed by atoms with Crippen molar-refractivity contribution < 1.29 is 14.6 Å². The number of para-hydroxylation sites is 2. The van der Waals surface area contributed by atoms with Gasteiger partial charge >= 0.3 is 0 Å². The monoisotopic (exact) mass is 335 g/mol. The molecule has 0 bridgehead atoms. The lowest BCUT2D eigenvalue weighted by Gasteiger charge is -2.10. The summed E-state index contributed by atoms with van der Waals surface area (Å²) in [6, 6.07) is 7.56. The third-order valence-electron chi connectivity index (χ3n) is 3.33. The molecule has 0 radical (unpaired) electrons. The molecule has 2 N–H and O–H groups in total. The fraction of sp³-hybridized carbons (Fsp3) is 0.375. The van der Waals surface area contributed by atoms with E-state index >= 15 is 0 Å². The first kappa shape index (κ1) is 17.4. The predicted octanol–water partition coefficient (Wildman–Crippen LogP) is 1.61. The van der Waals surface area contributed by atoms with Crippen LogP contribution in [0.1, 0.15) is 12.0 Å². The van der Waals surface area contributed by atoms with Gasteiger partial charge in [-0.15, -0.1) is 0 Å². The minimum absolute atomic E-state index is 0.324. The Hall–Kier alpha value is -1.99. The van der Waals surface area contributed by atoms with Crippen LogP contribution in [-0.4, -0.2) is 46.0 Å². The molecular weight excluding hydrogens is 314 g/mol. The number of hydrogen-bond donors (Lipinski definition) is 2. The third-order valence-corrected chi connectivity index (χ3v) is 3.98. The molecule has 1 unspecified atom stereocenters. The molecule has 0 fully saturated rings. The predicted molar refractivity (Wildman–Crippen MR) is 91.0 cm³/mol. The zero-order valence-corrected chi connectivity index (χ0v) is 14.0. The molecule has 2 rings (SSSR count). The Morgan fingerprint density at radius 2 is 2.26 bits per heavy atom. The maximum Gasteiger partial charge on any atom is 0.249 e. The zero-order chi connectivity index (χ0) is 16.7. The van der Waals surface area contributed by atoms with Gasteiger partial charge in [-0.25, -0.2) is 4.68 Å². The molecule has 0 aliphatic heterocycles. The second-order valence-corrected chi connectivity index (χ2v) is 5.97. The first-order chi connectivity index (χ1) is 11.2. The average molecular weight is 335 g/mol. The third kappa shape index (κ3) is 4.74. The molecule has 7 heteroatoms. The molecule has 6 nitrogen and oxygen atoms in total. The zero-order valence-electron chi connectivity index (χ0n) is 13.2. The Morgan fingerprint density at radius 1 is 1.48 bits per heavy atom. The van der Waals surface area contributed by atoms with E-state index in [9.17, 15) is 9.90 Å². The van der Waals surface area contributed by atoms with Crippen molar-refractivity contribution in [2.24, 2.45) is 0 Å². The summed E-state index contributed by atoms with van der Waals surface area (Å²) < 4.78 is 7.01. The Bertz CT molecular complexity index is 645. The highest BCUT2D eigenvalue weighted by Gasteiger charge is 2.14. The van der Waals surface area contributed by atoms with Crippen LogP contribution in [0.25, 0.3) is 5.69 Å². The van der Waals surface area contributed by atoms with E-state index in [2.05, 4.69) is 10.4 Å². The fourth-order valence-corrected chi connectivity index (χ4v) is 2.53. The van der Waals surface area contributed by atoms with Crippen LogP contribution in [0.4, 0.5) is 0 Å².